The third-order valence-corrected chi connectivity index (χ3v) is 7.30. The van der Waals surface area contributed by atoms with E-state index in [1.807, 2.05) is 18.2 Å². The molecule has 1 N–H and O–H groups in total. The van der Waals surface area contributed by atoms with Crippen molar-refractivity contribution in [3.05, 3.63) is 53.6 Å². The fourth-order valence-electron chi connectivity index (χ4n) is 3.92. The van der Waals surface area contributed by atoms with Crippen molar-refractivity contribution < 1.29 is 22.7 Å². The van der Waals surface area contributed by atoms with Crippen molar-refractivity contribution >= 4 is 15.9 Å². The molecule has 0 saturated carbocycles. The molecule has 0 aromatic heterocycles. The van der Waals surface area contributed by atoms with E-state index in [0.29, 0.717) is 24.7 Å². The zero-order valence-electron chi connectivity index (χ0n) is 17.0. The van der Waals surface area contributed by atoms with Crippen LogP contribution in [0.15, 0.2) is 47.4 Å². The van der Waals surface area contributed by atoms with Gasteiger partial charge in [0.15, 0.2) is 11.5 Å². The maximum absolute atomic E-state index is 13.0. The first-order chi connectivity index (χ1) is 14.4. The number of nitrogens with one attached hydrogen (secondary N) is 1. The molecule has 2 aliphatic rings. The molecular formula is C22H26N2O5S. The summed E-state index contributed by atoms with van der Waals surface area (Å²) in [5.41, 5.74) is 2.35. The topological polar surface area (TPSA) is 84.9 Å². The van der Waals surface area contributed by atoms with Crippen molar-refractivity contribution in [1.29, 1.82) is 0 Å². The van der Waals surface area contributed by atoms with Crippen molar-refractivity contribution in [1.82, 2.24) is 9.62 Å². The van der Waals surface area contributed by atoms with Gasteiger partial charge in [0, 0.05) is 19.5 Å². The summed E-state index contributed by atoms with van der Waals surface area (Å²) in [5, 5.41) is 3.00. The molecule has 8 heteroatoms. The zero-order valence-corrected chi connectivity index (χ0v) is 17.8. The van der Waals surface area contributed by atoms with Gasteiger partial charge in [-0.25, -0.2) is 8.42 Å². The number of amides is 1. The molecule has 1 amide bonds. The normalized spacial score (nSPS) is 18.4. The average molecular weight is 431 g/mol. The van der Waals surface area contributed by atoms with Crippen LogP contribution in [0, 0.1) is 0 Å². The molecule has 30 heavy (non-hydrogen) atoms. The summed E-state index contributed by atoms with van der Waals surface area (Å²) < 4.78 is 38.2. The Morgan fingerprint density at radius 2 is 1.87 bits per heavy atom. The number of benzene rings is 2. The first-order valence-electron chi connectivity index (χ1n) is 10.2. The number of carbonyl (C=O) groups excluding carboxylic acids is 1. The summed E-state index contributed by atoms with van der Waals surface area (Å²) >= 11 is 0. The Morgan fingerprint density at radius 3 is 2.70 bits per heavy atom. The number of hydrogen-bond donors (Lipinski definition) is 1. The molecule has 160 valence electrons. The molecule has 1 heterocycles. The summed E-state index contributed by atoms with van der Waals surface area (Å²) in [7, 11) is -2.43. The predicted octanol–water partition coefficient (Wildman–Crippen LogP) is 2.66. The minimum absolute atomic E-state index is 0.0741. The van der Waals surface area contributed by atoms with Gasteiger partial charge in [-0.3, -0.25) is 4.79 Å². The van der Waals surface area contributed by atoms with Gasteiger partial charge in [0.1, 0.15) is 0 Å². The van der Waals surface area contributed by atoms with E-state index in [1.54, 1.807) is 6.07 Å². The Kier molecular flexibility index (Phi) is 5.97. The van der Waals surface area contributed by atoms with E-state index in [2.05, 4.69) is 11.4 Å². The number of sulfonamides is 1. The van der Waals surface area contributed by atoms with Crippen molar-refractivity contribution in [2.45, 2.75) is 36.6 Å². The van der Waals surface area contributed by atoms with Crippen LogP contribution >= 0.6 is 0 Å². The number of ether oxygens (including phenoxy) is 2. The first-order valence-corrected chi connectivity index (χ1v) is 11.6. The Hall–Kier alpha value is -2.58. The molecule has 1 unspecified atom stereocenters. The zero-order chi connectivity index (χ0) is 21.1. The molecule has 2 aromatic carbocycles. The highest BCUT2D eigenvalue weighted by atomic mass is 32.2. The standard InChI is InChI=1S/C22H26N2O5S/c1-24(15-22(25)23-19-9-4-7-16-6-2-3-8-18(16)19)30(26,27)17-10-11-20-21(14-17)29-13-5-12-28-20/h2-3,6,8,10-11,14,19H,4-5,7,9,12-13,15H2,1H3,(H,23,25). The van der Waals surface area contributed by atoms with Gasteiger partial charge in [-0.15, -0.1) is 0 Å². The van der Waals surface area contributed by atoms with Gasteiger partial charge < -0.3 is 14.8 Å². The lowest BCUT2D eigenvalue weighted by Gasteiger charge is -2.27. The van der Waals surface area contributed by atoms with Crippen molar-refractivity contribution in [3.8, 4) is 11.5 Å². The van der Waals surface area contributed by atoms with Gasteiger partial charge in [0.2, 0.25) is 15.9 Å². The fourth-order valence-corrected chi connectivity index (χ4v) is 5.06. The number of carbonyl (C=O) groups is 1. The Bertz CT molecular complexity index is 1040. The Labute approximate surface area is 177 Å². The van der Waals surface area contributed by atoms with Gasteiger partial charge in [-0.05, 0) is 42.5 Å². The van der Waals surface area contributed by atoms with Crippen LogP contribution in [0.4, 0.5) is 0 Å². The lowest BCUT2D eigenvalue weighted by Crippen LogP contribution is -2.40. The molecule has 2 aromatic rings. The number of likely N-dealkylation sites (N-methyl/N-ethyl adjacent to an activating group) is 1. The van der Waals surface area contributed by atoms with E-state index in [-0.39, 0.29) is 23.4 Å². The van der Waals surface area contributed by atoms with Crippen LogP contribution in [0.25, 0.3) is 0 Å². The molecule has 1 aliphatic carbocycles. The van der Waals surface area contributed by atoms with Gasteiger partial charge in [0.25, 0.3) is 0 Å². The van der Waals surface area contributed by atoms with Crippen molar-refractivity contribution in [2.24, 2.45) is 0 Å². The van der Waals surface area contributed by atoms with Gasteiger partial charge >= 0.3 is 0 Å². The van der Waals surface area contributed by atoms with Crippen LogP contribution in [0.2, 0.25) is 0 Å². The molecule has 1 aliphatic heterocycles. The average Bonchev–Trinajstić information content (AvgIpc) is 2.98. The molecule has 0 saturated heterocycles. The molecule has 0 bridgehead atoms. The predicted molar refractivity (Wildman–Crippen MR) is 112 cm³/mol. The lowest BCUT2D eigenvalue weighted by atomic mass is 9.88. The Balaban J connectivity index is 1.45. The quantitative estimate of drug-likeness (QED) is 0.788. The smallest absolute Gasteiger partial charge is 0.243 e. The fraction of sp³-hybridized carbons (Fsp3) is 0.409. The summed E-state index contributed by atoms with van der Waals surface area (Å²) in [6, 6.07) is 12.5. The molecule has 7 nitrogen and oxygen atoms in total. The third kappa shape index (κ3) is 4.29. The number of hydrogen-bond acceptors (Lipinski definition) is 5. The van der Waals surface area contributed by atoms with Crippen LogP contribution in [0.5, 0.6) is 11.5 Å². The Morgan fingerprint density at radius 1 is 1.10 bits per heavy atom. The van der Waals surface area contributed by atoms with Gasteiger partial charge in [-0.1, -0.05) is 24.3 Å². The second-order valence-corrected chi connectivity index (χ2v) is 9.68. The third-order valence-electron chi connectivity index (χ3n) is 5.50. The van der Waals surface area contributed by atoms with Crippen LogP contribution in [0.3, 0.4) is 0 Å². The van der Waals surface area contributed by atoms with Crippen molar-refractivity contribution in [2.75, 3.05) is 26.8 Å². The lowest BCUT2D eigenvalue weighted by molar-refractivity contribution is -0.122. The SMILES string of the molecule is CN(CC(=O)NC1CCCc2ccccc21)S(=O)(=O)c1ccc2c(c1)OCCCO2. The second kappa shape index (κ2) is 8.65. The summed E-state index contributed by atoms with van der Waals surface area (Å²) in [4.78, 5) is 12.7. The minimum Gasteiger partial charge on any atom is -0.490 e. The maximum Gasteiger partial charge on any atom is 0.243 e. The largest absolute Gasteiger partial charge is 0.490 e. The molecular weight excluding hydrogens is 404 g/mol. The van der Waals surface area contributed by atoms with Crippen LogP contribution in [-0.4, -0.2) is 45.4 Å². The molecule has 0 radical (unpaired) electrons. The minimum atomic E-state index is -3.84. The van der Waals surface area contributed by atoms with E-state index in [9.17, 15) is 13.2 Å². The number of nitrogens with zero attached hydrogens (tertiary/aromatic N) is 1. The highest BCUT2D eigenvalue weighted by molar-refractivity contribution is 7.89. The molecule has 1 atom stereocenters. The van der Waals surface area contributed by atoms with Crippen LogP contribution in [0.1, 0.15) is 36.4 Å². The highest BCUT2D eigenvalue weighted by Crippen LogP contribution is 2.33. The van der Waals surface area contributed by atoms with E-state index in [1.165, 1.54) is 24.7 Å². The second-order valence-electron chi connectivity index (χ2n) is 7.63. The van der Waals surface area contributed by atoms with Gasteiger partial charge in [-0.2, -0.15) is 4.31 Å². The summed E-state index contributed by atoms with van der Waals surface area (Å²) in [6.07, 6.45) is 3.58. The van der Waals surface area contributed by atoms with Gasteiger partial charge in [0.05, 0.1) is 30.7 Å². The molecule has 4 rings (SSSR count). The van der Waals surface area contributed by atoms with Crippen LogP contribution < -0.4 is 14.8 Å². The molecule has 0 spiro atoms. The summed E-state index contributed by atoms with van der Waals surface area (Å²) in [6.45, 7) is 0.747. The number of rotatable bonds is 5. The van der Waals surface area contributed by atoms with E-state index in [4.69, 9.17) is 9.47 Å². The molecule has 0 fully saturated rings. The van der Waals surface area contributed by atoms with Crippen LogP contribution in [-0.2, 0) is 21.2 Å². The van der Waals surface area contributed by atoms with E-state index >= 15 is 0 Å². The monoisotopic (exact) mass is 430 g/mol. The van der Waals surface area contributed by atoms with Crippen molar-refractivity contribution in [3.63, 3.8) is 0 Å². The highest BCUT2D eigenvalue weighted by Gasteiger charge is 2.27. The van der Waals surface area contributed by atoms with E-state index in [0.717, 1.165) is 35.6 Å². The van der Waals surface area contributed by atoms with E-state index < -0.39 is 10.0 Å². The number of fused-ring (bicyclic) bond motifs is 2. The number of aryl methyl sites for hydroxylation is 1. The first kappa shape index (κ1) is 20.7. The summed E-state index contributed by atoms with van der Waals surface area (Å²) in [5.74, 6) is 0.616. The maximum atomic E-state index is 13.0.